The number of rotatable bonds is 11. The third kappa shape index (κ3) is 11.0. The monoisotopic (exact) mass is 640 g/mol. The third-order valence-electron chi connectivity index (χ3n) is 6.19. The van der Waals surface area contributed by atoms with Gasteiger partial charge in [0.1, 0.15) is 0 Å². The number of aryl methyl sites for hydroxylation is 2. The van der Waals surface area contributed by atoms with Crippen molar-refractivity contribution in [3.8, 4) is 0 Å². The molecule has 0 amide bonds. The van der Waals surface area contributed by atoms with Crippen molar-refractivity contribution in [1.82, 2.24) is 0 Å². The van der Waals surface area contributed by atoms with E-state index in [-0.39, 0.29) is 0 Å². The highest BCUT2D eigenvalue weighted by Crippen LogP contribution is 2.27. The van der Waals surface area contributed by atoms with E-state index in [1.807, 2.05) is 84.9 Å². The maximum absolute atomic E-state index is 11.0. The molecule has 0 aliphatic carbocycles. The summed E-state index contributed by atoms with van der Waals surface area (Å²) in [6.07, 6.45) is 5.57. The Morgan fingerprint density at radius 3 is 1.52 bits per heavy atom. The number of halogens is 4. The minimum Gasteiger partial charge on any atom is -0.478 e. The normalized spacial score (nSPS) is 11.3. The molecule has 0 unspecified atom stereocenters. The Labute approximate surface area is 265 Å². The largest absolute Gasteiger partial charge is 0.478 e. The van der Waals surface area contributed by atoms with Gasteiger partial charge in [-0.25, -0.2) is 4.79 Å². The van der Waals surface area contributed by atoms with Crippen molar-refractivity contribution in [3.63, 3.8) is 0 Å². The van der Waals surface area contributed by atoms with Crippen LogP contribution in [0, 0.1) is 0 Å². The van der Waals surface area contributed by atoms with Gasteiger partial charge >= 0.3 is 5.97 Å². The molecule has 0 fully saturated rings. The van der Waals surface area contributed by atoms with Crippen LogP contribution < -0.4 is 0 Å². The van der Waals surface area contributed by atoms with Crippen LogP contribution in [-0.2, 0) is 27.2 Å². The highest BCUT2D eigenvalue weighted by molar-refractivity contribution is 6.42. The molecule has 42 heavy (non-hydrogen) atoms. The van der Waals surface area contributed by atoms with Crippen LogP contribution >= 0.6 is 46.4 Å². The van der Waals surface area contributed by atoms with Crippen molar-refractivity contribution < 1.29 is 19.4 Å². The first-order chi connectivity index (χ1) is 20.3. The highest BCUT2D eigenvalue weighted by atomic mass is 35.5. The first-order valence-electron chi connectivity index (χ1n) is 13.0. The van der Waals surface area contributed by atoms with Crippen LogP contribution in [0.25, 0.3) is 11.1 Å². The van der Waals surface area contributed by atoms with E-state index in [0.717, 1.165) is 46.2 Å². The Balaban J connectivity index is 0.000000230. The van der Waals surface area contributed by atoms with Gasteiger partial charge in [0.2, 0.25) is 0 Å². The number of allylic oxidation sites excluding steroid dienone is 2. The van der Waals surface area contributed by atoms with E-state index in [9.17, 15) is 9.59 Å². The van der Waals surface area contributed by atoms with Gasteiger partial charge in [0.25, 0.3) is 6.47 Å². The lowest BCUT2D eigenvalue weighted by Gasteiger charge is -2.08. The summed E-state index contributed by atoms with van der Waals surface area (Å²) in [6, 6.07) is 30.4. The van der Waals surface area contributed by atoms with Crippen LogP contribution in [0.15, 0.2) is 109 Å². The molecule has 0 heterocycles. The number of carboxylic acid groups (broad SMARTS) is 1. The van der Waals surface area contributed by atoms with E-state index in [4.69, 9.17) is 56.2 Å². The van der Waals surface area contributed by atoms with E-state index in [1.165, 1.54) is 12.3 Å². The number of hydrogen-bond donors (Lipinski definition) is 1. The molecule has 4 aromatic carbocycles. The second-order valence-corrected chi connectivity index (χ2v) is 10.7. The van der Waals surface area contributed by atoms with E-state index >= 15 is 0 Å². The summed E-state index contributed by atoms with van der Waals surface area (Å²) in [5.41, 5.74) is 5.79. The Morgan fingerprint density at radius 1 is 0.643 bits per heavy atom. The fourth-order valence-corrected chi connectivity index (χ4v) is 4.72. The molecule has 4 nitrogen and oxygen atoms in total. The molecule has 0 atom stereocenters. The molecule has 0 aliphatic rings. The molecule has 0 bridgehead atoms. The van der Waals surface area contributed by atoms with E-state index in [1.54, 1.807) is 12.1 Å². The van der Waals surface area contributed by atoms with Crippen molar-refractivity contribution in [2.24, 2.45) is 0 Å². The molecule has 0 aromatic heterocycles. The van der Waals surface area contributed by atoms with Gasteiger partial charge in [-0.1, -0.05) is 119 Å². The molecular formula is C34H28Cl4O4. The van der Waals surface area contributed by atoms with Crippen molar-refractivity contribution in [2.75, 3.05) is 0 Å². The first-order valence-corrected chi connectivity index (χ1v) is 14.5. The van der Waals surface area contributed by atoms with Crippen molar-refractivity contribution in [1.29, 1.82) is 0 Å². The topological polar surface area (TPSA) is 63.6 Å². The van der Waals surface area contributed by atoms with Crippen LogP contribution in [0.2, 0.25) is 20.1 Å². The number of carbonyl (C=O) groups excluding carboxylic acids is 1. The minimum atomic E-state index is -0.942. The van der Waals surface area contributed by atoms with Gasteiger partial charge in [-0.05, 0) is 83.3 Å². The molecule has 216 valence electrons. The number of benzene rings is 4. The van der Waals surface area contributed by atoms with E-state index in [0.29, 0.717) is 39.4 Å². The standard InChI is InChI=1S/2C17H14Cl2O2/c18-16-9-7-13(10-17(16)19)6-8-15(11-21-12-20)14-4-2-1-3-5-14;18-15-9-7-12(10-16(15)19)6-8-14(11-17(20)21)13-4-2-1-3-5-13/h1-5,7,9-12H,6,8H2;1-5,7,9-11H,6,8H2,(H,20,21)/b15-11+;14-11-. The number of hydrogen-bond acceptors (Lipinski definition) is 3. The smallest absolute Gasteiger partial charge is 0.328 e. The van der Waals surface area contributed by atoms with Crippen molar-refractivity contribution >= 4 is 70.0 Å². The zero-order valence-electron chi connectivity index (χ0n) is 22.5. The molecule has 4 aromatic rings. The van der Waals surface area contributed by atoms with Crippen LogP contribution in [0.4, 0.5) is 0 Å². The summed E-state index contributed by atoms with van der Waals surface area (Å²) in [5, 5.41) is 11.1. The average molecular weight is 642 g/mol. The summed E-state index contributed by atoms with van der Waals surface area (Å²) in [4.78, 5) is 21.4. The summed E-state index contributed by atoms with van der Waals surface area (Å²) >= 11 is 23.8. The SMILES string of the molecule is O=C(O)/C=C(/CCc1ccc(Cl)c(Cl)c1)c1ccccc1.O=CO/C=C(\CCc1ccc(Cl)c(Cl)c1)c1ccccc1. The highest BCUT2D eigenvalue weighted by Gasteiger charge is 2.07. The maximum atomic E-state index is 11.0. The summed E-state index contributed by atoms with van der Waals surface area (Å²) in [6.45, 7) is 0.419. The number of aliphatic carboxylic acids is 1. The lowest BCUT2D eigenvalue weighted by Crippen LogP contribution is -1.95. The molecule has 0 spiro atoms. The quantitative estimate of drug-likeness (QED) is 0.101. The second-order valence-electron chi connectivity index (χ2n) is 9.11. The predicted molar refractivity (Wildman–Crippen MR) is 173 cm³/mol. The second kappa shape index (κ2) is 17.4. The van der Waals surface area contributed by atoms with E-state index < -0.39 is 5.97 Å². The average Bonchev–Trinajstić information content (AvgIpc) is 3.00. The van der Waals surface area contributed by atoms with Crippen molar-refractivity contribution in [3.05, 3.63) is 152 Å². The first kappa shape index (κ1) is 33.0. The Kier molecular flexibility index (Phi) is 13.7. The third-order valence-corrected chi connectivity index (χ3v) is 7.66. The lowest BCUT2D eigenvalue weighted by atomic mass is 9.98. The molecule has 0 aliphatic heterocycles. The van der Waals surface area contributed by atoms with E-state index in [2.05, 4.69) is 0 Å². The van der Waals surface area contributed by atoms with Crippen LogP contribution in [-0.4, -0.2) is 17.5 Å². The lowest BCUT2D eigenvalue weighted by molar-refractivity contribution is -0.131. The number of ether oxygens (including phenoxy) is 1. The summed E-state index contributed by atoms with van der Waals surface area (Å²) in [5.74, 6) is -0.942. The zero-order chi connectivity index (χ0) is 30.3. The Morgan fingerprint density at radius 2 is 1.10 bits per heavy atom. The van der Waals surface area contributed by atoms with Gasteiger partial charge in [-0.2, -0.15) is 0 Å². The van der Waals surface area contributed by atoms with Crippen LogP contribution in [0.1, 0.15) is 35.1 Å². The molecule has 0 saturated carbocycles. The predicted octanol–water partition coefficient (Wildman–Crippen LogP) is 10.2. The Bertz CT molecular complexity index is 1530. The summed E-state index contributed by atoms with van der Waals surface area (Å²) in [7, 11) is 0. The van der Waals surface area contributed by atoms with Gasteiger partial charge in [-0.3, -0.25) is 4.79 Å². The maximum Gasteiger partial charge on any atom is 0.328 e. The van der Waals surface area contributed by atoms with Gasteiger partial charge in [0, 0.05) is 6.08 Å². The number of carbonyl (C=O) groups is 2. The fraction of sp³-hybridized carbons (Fsp3) is 0.118. The zero-order valence-corrected chi connectivity index (χ0v) is 25.5. The van der Waals surface area contributed by atoms with Gasteiger partial charge in [0.05, 0.1) is 26.4 Å². The molecular weight excluding hydrogens is 614 g/mol. The fourth-order valence-electron chi connectivity index (χ4n) is 4.08. The summed E-state index contributed by atoms with van der Waals surface area (Å²) < 4.78 is 4.79. The Hall–Kier alpha value is -3.54. The van der Waals surface area contributed by atoms with Crippen LogP contribution in [0.3, 0.4) is 0 Å². The van der Waals surface area contributed by atoms with Crippen molar-refractivity contribution in [2.45, 2.75) is 25.7 Å². The minimum absolute atomic E-state index is 0.419. The molecule has 0 radical (unpaired) electrons. The van der Waals surface area contributed by atoms with Gasteiger partial charge in [-0.15, -0.1) is 0 Å². The molecule has 0 saturated heterocycles. The van der Waals surface area contributed by atoms with Crippen LogP contribution in [0.5, 0.6) is 0 Å². The number of carboxylic acids is 1. The van der Waals surface area contributed by atoms with Gasteiger partial charge in [0.15, 0.2) is 0 Å². The molecule has 1 N–H and O–H groups in total. The molecule has 8 heteroatoms. The molecule has 4 rings (SSSR count). The van der Waals surface area contributed by atoms with Gasteiger partial charge < -0.3 is 9.84 Å².